The van der Waals surface area contributed by atoms with Crippen molar-refractivity contribution in [2.75, 3.05) is 6.54 Å². The predicted octanol–water partition coefficient (Wildman–Crippen LogP) is 2.77. The van der Waals surface area contributed by atoms with Gasteiger partial charge in [0.2, 0.25) is 0 Å². The number of nitrogens with one attached hydrogen (secondary N) is 2. The normalized spacial score (nSPS) is 10.8. The number of fused-ring (bicyclic) bond motifs is 1. The molecule has 3 rings (SSSR count). The van der Waals surface area contributed by atoms with Gasteiger partial charge in [-0.15, -0.1) is 0 Å². The molecule has 2 aromatic carbocycles. The summed E-state index contributed by atoms with van der Waals surface area (Å²) in [6.45, 7) is 0.220. The topological polar surface area (TPSA) is 102 Å². The van der Waals surface area contributed by atoms with Gasteiger partial charge in [-0.3, -0.25) is 9.59 Å². The summed E-state index contributed by atoms with van der Waals surface area (Å²) in [6, 6.07) is 9.47. The fraction of sp³-hybridized carbons (Fsp3) is 0.111. The maximum atomic E-state index is 12.3. The van der Waals surface area contributed by atoms with Crippen LogP contribution in [0.15, 0.2) is 42.6 Å². The molecule has 1 amide bonds. The van der Waals surface area contributed by atoms with Crippen LogP contribution in [0.2, 0.25) is 5.02 Å². The molecule has 0 spiro atoms. The van der Waals surface area contributed by atoms with Gasteiger partial charge in [0.1, 0.15) is 0 Å². The van der Waals surface area contributed by atoms with Crippen LogP contribution in [0.25, 0.3) is 10.9 Å². The highest BCUT2D eigenvalue weighted by molar-refractivity contribution is 6.45. The highest BCUT2D eigenvalue weighted by Gasteiger charge is 2.19. The van der Waals surface area contributed by atoms with Crippen molar-refractivity contribution in [1.29, 1.82) is 0 Å². The molecule has 3 aromatic rings. The minimum atomic E-state index is -0.719. The standard InChI is InChI=1S/C18H15ClN2O4/c19-11-2-3-14-12(8-11)13(9-21-14)17(24)18(25)20-6-5-10-1-4-15(22)16(23)7-10/h1-4,7-9,21-23H,5-6H2,(H,20,25). The number of ketones is 1. The van der Waals surface area contributed by atoms with Crippen molar-refractivity contribution < 1.29 is 19.8 Å². The molecule has 4 N–H and O–H groups in total. The number of carbonyl (C=O) groups excluding carboxylic acids is 2. The zero-order valence-corrected chi connectivity index (χ0v) is 13.8. The summed E-state index contributed by atoms with van der Waals surface area (Å²) in [7, 11) is 0. The molecule has 128 valence electrons. The molecule has 1 aromatic heterocycles. The van der Waals surface area contributed by atoms with Crippen LogP contribution in [0.4, 0.5) is 0 Å². The van der Waals surface area contributed by atoms with E-state index in [-0.39, 0.29) is 23.6 Å². The Morgan fingerprint density at radius 1 is 1.08 bits per heavy atom. The number of phenolic OH excluding ortho intramolecular Hbond substituents is 2. The highest BCUT2D eigenvalue weighted by atomic mass is 35.5. The van der Waals surface area contributed by atoms with Crippen LogP contribution in [0.1, 0.15) is 15.9 Å². The highest BCUT2D eigenvalue weighted by Crippen LogP contribution is 2.25. The number of hydrogen-bond acceptors (Lipinski definition) is 4. The third-order valence-corrected chi connectivity index (χ3v) is 4.07. The Bertz CT molecular complexity index is 965. The molecule has 0 saturated heterocycles. The lowest BCUT2D eigenvalue weighted by molar-refractivity contribution is -0.116. The van der Waals surface area contributed by atoms with E-state index in [1.807, 2.05) is 0 Å². The third kappa shape index (κ3) is 3.59. The maximum Gasteiger partial charge on any atom is 0.292 e. The zero-order valence-electron chi connectivity index (χ0n) is 13.0. The lowest BCUT2D eigenvalue weighted by atomic mass is 10.1. The van der Waals surface area contributed by atoms with Crippen LogP contribution in [-0.4, -0.2) is 33.4 Å². The summed E-state index contributed by atoms with van der Waals surface area (Å²) in [6.07, 6.45) is 1.90. The van der Waals surface area contributed by atoms with Crippen LogP contribution < -0.4 is 5.32 Å². The number of rotatable bonds is 5. The lowest BCUT2D eigenvalue weighted by Gasteiger charge is -2.06. The number of aromatic hydroxyl groups is 2. The average molecular weight is 359 g/mol. The second kappa shape index (κ2) is 6.86. The number of Topliss-reactive ketones (excluding diaryl/α,β-unsaturated/α-hetero) is 1. The van der Waals surface area contributed by atoms with E-state index in [1.54, 1.807) is 24.3 Å². The molecule has 25 heavy (non-hydrogen) atoms. The first-order valence-electron chi connectivity index (χ1n) is 7.55. The van der Waals surface area contributed by atoms with Crippen LogP contribution in [-0.2, 0) is 11.2 Å². The van der Waals surface area contributed by atoms with Gasteiger partial charge in [0.15, 0.2) is 11.5 Å². The molecule has 0 bridgehead atoms. The van der Waals surface area contributed by atoms with Gasteiger partial charge in [-0.2, -0.15) is 0 Å². The number of aromatic amines is 1. The largest absolute Gasteiger partial charge is 0.504 e. The van der Waals surface area contributed by atoms with E-state index in [9.17, 15) is 19.8 Å². The Kier molecular flexibility index (Phi) is 4.63. The van der Waals surface area contributed by atoms with Crippen molar-refractivity contribution in [3.63, 3.8) is 0 Å². The van der Waals surface area contributed by atoms with Crippen molar-refractivity contribution >= 4 is 34.2 Å². The average Bonchev–Trinajstić information content (AvgIpc) is 3.00. The first kappa shape index (κ1) is 16.9. The molecular formula is C18H15ClN2O4. The number of halogens is 1. The monoisotopic (exact) mass is 358 g/mol. The summed E-state index contributed by atoms with van der Waals surface area (Å²) in [4.78, 5) is 27.3. The third-order valence-electron chi connectivity index (χ3n) is 3.83. The summed E-state index contributed by atoms with van der Waals surface area (Å²) in [5.74, 6) is -1.80. The number of aromatic nitrogens is 1. The fourth-order valence-electron chi connectivity index (χ4n) is 2.53. The molecule has 0 atom stereocenters. The van der Waals surface area contributed by atoms with Crippen molar-refractivity contribution in [1.82, 2.24) is 10.3 Å². The molecular weight excluding hydrogens is 344 g/mol. The minimum absolute atomic E-state index is 0.207. The van der Waals surface area contributed by atoms with Gasteiger partial charge < -0.3 is 20.5 Å². The number of amides is 1. The quantitative estimate of drug-likeness (QED) is 0.320. The van der Waals surface area contributed by atoms with E-state index in [1.165, 1.54) is 18.3 Å². The number of phenols is 2. The van der Waals surface area contributed by atoms with E-state index >= 15 is 0 Å². The summed E-state index contributed by atoms with van der Waals surface area (Å²) >= 11 is 5.94. The van der Waals surface area contributed by atoms with E-state index in [0.29, 0.717) is 16.8 Å². The molecule has 0 fully saturated rings. The lowest BCUT2D eigenvalue weighted by Crippen LogP contribution is -2.32. The SMILES string of the molecule is O=C(NCCc1ccc(O)c(O)c1)C(=O)c1c[nH]c2ccc(Cl)cc12. The second-order valence-corrected chi connectivity index (χ2v) is 5.99. The smallest absolute Gasteiger partial charge is 0.292 e. The van der Waals surface area contributed by atoms with Crippen LogP contribution in [0.3, 0.4) is 0 Å². The Labute approximate surface area is 148 Å². The molecule has 0 unspecified atom stereocenters. The minimum Gasteiger partial charge on any atom is -0.504 e. The summed E-state index contributed by atoms with van der Waals surface area (Å²) < 4.78 is 0. The van der Waals surface area contributed by atoms with E-state index in [2.05, 4.69) is 10.3 Å². The van der Waals surface area contributed by atoms with Gasteiger partial charge in [-0.1, -0.05) is 17.7 Å². The Morgan fingerprint density at radius 2 is 1.88 bits per heavy atom. The zero-order chi connectivity index (χ0) is 18.0. The molecule has 0 aliphatic heterocycles. The van der Waals surface area contributed by atoms with Gasteiger partial charge >= 0.3 is 0 Å². The predicted molar refractivity (Wildman–Crippen MR) is 94.1 cm³/mol. The van der Waals surface area contributed by atoms with Crippen molar-refractivity contribution in [3.05, 3.63) is 58.7 Å². The molecule has 1 heterocycles. The summed E-state index contributed by atoms with van der Waals surface area (Å²) in [5.41, 5.74) is 1.71. The van der Waals surface area contributed by atoms with Gasteiger partial charge in [0.05, 0.1) is 5.56 Å². The first-order valence-corrected chi connectivity index (χ1v) is 7.93. The van der Waals surface area contributed by atoms with Crippen molar-refractivity contribution in [2.45, 2.75) is 6.42 Å². The Morgan fingerprint density at radius 3 is 2.64 bits per heavy atom. The molecule has 7 heteroatoms. The molecule has 6 nitrogen and oxygen atoms in total. The maximum absolute atomic E-state index is 12.3. The Hall–Kier alpha value is -2.99. The van der Waals surface area contributed by atoms with E-state index < -0.39 is 11.7 Å². The Balaban J connectivity index is 1.65. The van der Waals surface area contributed by atoms with Crippen LogP contribution in [0.5, 0.6) is 11.5 Å². The summed E-state index contributed by atoms with van der Waals surface area (Å²) in [5, 5.41) is 22.3. The van der Waals surface area contributed by atoms with Crippen LogP contribution >= 0.6 is 11.6 Å². The van der Waals surface area contributed by atoms with Crippen molar-refractivity contribution in [2.24, 2.45) is 0 Å². The van der Waals surface area contributed by atoms with Gasteiger partial charge in [-0.05, 0) is 42.3 Å². The van der Waals surface area contributed by atoms with Gasteiger partial charge in [0.25, 0.3) is 11.7 Å². The number of hydrogen-bond donors (Lipinski definition) is 4. The molecule has 0 saturated carbocycles. The van der Waals surface area contributed by atoms with Crippen molar-refractivity contribution in [3.8, 4) is 11.5 Å². The van der Waals surface area contributed by atoms with Gasteiger partial charge in [0, 0.05) is 28.7 Å². The fourth-order valence-corrected chi connectivity index (χ4v) is 2.70. The van der Waals surface area contributed by atoms with Crippen LogP contribution in [0, 0.1) is 0 Å². The first-order chi connectivity index (χ1) is 12.0. The molecule has 0 aliphatic carbocycles. The second-order valence-electron chi connectivity index (χ2n) is 5.55. The van der Waals surface area contributed by atoms with Gasteiger partial charge in [-0.25, -0.2) is 0 Å². The van der Waals surface area contributed by atoms with E-state index in [4.69, 9.17) is 11.6 Å². The van der Waals surface area contributed by atoms with E-state index in [0.717, 1.165) is 11.1 Å². The number of benzene rings is 2. The molecule has 0 radical (unpaired) electrons. The number of H-pyrrole nitrogens is 1. The molecule has 0 aliphatic rings. The number of carbonyl (C=O) groups is 2.